The molecule has 4 aliphatic rings. The molecule has 2 saturated carbocycles. The van der Waals surface area contributed by atoms with Gasteiger partial charge in [-0.25, -0.2) is 4.79 Å². The Morgan fingerprint density at radius 3 is 2.28 bits per heavy atom. The lowest BCUT2D eigenvalue weighted by Crippen LogP contribution is -2.63. The fourth-order valence-electron chi connectivity index (χ4n) is 6.53. The highest BCUT2D eigenvalue weighted by atomic mass is 16.5. The minimum absolute atomic E-state index is 0.0987. The number of piperazine rings is 1. The van der Waals surface area contributed by atoms with Crippen LogP contribution >= 0.6 is 0 Å². The summed E-state index contributed by atoms with van der Waals surface area (Å²) in [7, 11) is 1.85. The lowest BCUT2D eigenvalue weighted by atomic mass is 9.78. The van der Waals surface area contributed by atoms with Crippen LogP contribution in [0.4, 0.5) is 4.79 Å². The molecule has 0 bridgehead atoms. The monoisotopic (exact) mass is 451 g/mol. The van der Waals surface area contributed by atoms with E-state index < -0.39 is 6.09 Å². The van der Waals surface area contributed by atoms with Gasteiger partial charge < -0.3 is 14.7 Å². The average Bonchev–Trinajstić information content (AvgIpc) is 2.81. The quantitative estimate of drug-likeness (QED) is 0.492. The van der Waals surface area contributed by atoms with Crippen molar-refractivity contribution in [2.75, 3.05) is 46.4 Å². The van der Waals surface area contributed by atoms with E-state index in [1.807, 2.05) is 14.0 Å². The van der Waals surface area contributed by atoms with E-state index in [9.17, 15) is 9.90 Å². The van der Waals surface area contributed by atoms with Crippen molar-refractivity contribution in [3.05, 3.63) is 0 Å². The van der Waals surface area contributed by atoms with Crippen LogP contribution in [0, 0.1) is 17.8 Å². The van der Waals surface area contributed by atoms with Crippen molar-refractivity contribution in [3.8, 4) is 0 Å². The molecule has 0 spiro atoms. The van der Waals surface area contributed by atoms with Crippen LogP contribution in [0.1, 0.15) is 58.3 Å². The van der Waals surface area contributed by atoms with E-state index in [4.69, 9.17) is 4.74 Å². The highest BCUT2D eigenvalue weighted by Gasteiger charge is 2.33. The number of hydrogen-bond acceptors (Lipinski definition) is 6. The van der Waals surface area contributed by atoms with Gasteiger partial charge in [0.1, 0.15) is 6.29 Å². The molecule has 4 N–H and O–H groups in total. The van der Waals surface area contributed by atoms with Crippen molar-refractivity contribution in [3.63, 3.8) is 0 Å². The minimum Gasteiger partial charge on any atom is -0.465 e. The number of nitrogens with one attached hydrogen (secondary N) is 3. The van der Waals surface area contributed by atoms with E-state index in [1.54, 1.807) is 4.90 Å². The topological polar surface area (TPSA) is 89.1 Å². The van der Waals surface area contributed by atoms with Crippen molar-refractivity contribution in [1.82, 2.24) is 25.8 Å². The number of rotatable bonds is 6. The molecule has 8 heteroatoms. The number of ether oxygens (including phenoxy) is 1. The fraction of sp³-hybridized carbons (Fsp3) is 0.958. The van der Waals surface area contributed by atoms with Gasteiger partial charge in [-0.2, -0.15) is 0 Å². The summed E-state index contributed by atoms with van der Waals surface area (Å²) in [6.07, 6.45) is 10.0. The second kappa shape index (κ2) is 11.5. The molecule has 1 unspecified atom stereocenters. The SMILES string of the molecule is COC1CCC(C2CNC(NC3CCC(CN4CCN(C(=O)O)C(C)C4)CC3)NC2)CC1. The van der Waals surface area contributed by atoms with Crippen LogP contribution in [0.15, 0.2) is 0 Å². The van der Waals surface area contributed by atoms with E-state index in [2.05, 4.69) is 20.9 Å². The van der Waals surface area contributed by atoms with Gasteiger partial charge in [0.15, 0.2) is 0 Å². The summed E-state index contributed by atoms with van der Waals surface area (Å²) in [5.41, 5.74) is 0. The van der Waals surface area contributed by atoms with Crippen LogP contribution in [0.3, 0.4) is 0 Å². The van der Waals surface area contributed by atoms with Crippen LogP contribution < -0.4 is 16.0 Å². The van der Waals surface area contributed by atoms with Gasteiger partial charge >= 0.3 is 6.09 Å². The number of nitrogens with zero attached hydrogens (tertiary/aromatic N) is 2. The third-order valence-electron chi connectivity index (χ3n) is 8.61. The van der Waals surface area contributed by atoms with E-state index in [0.29, 0.717) is 18.7 Å². The van der Waals surface area contributed by atoms with E-state index >= 15 is 0 Å². The molecule has 1 atom stereocenters. The standard InChI is InChI=1S/C24H45N5O3/c1-17-15-28(11-12-29(17)24(30)31)16-18-3-7-21(8-4-18)27-23-25-13-20(14-26-23)19-5-9-22(32-2)10-6-19/h17-23,25-27H,3-16H2,1-2H3,(H,30,31). The molecule has 0 aromatic rings. The van der Waals surface area contributed by atoms with Crippen LogP contribution in [-0.2, 0) is 4.74 Å². The van der Waals surface area contributed by atoms with Crippen molar-refractivity contribution in [1.29, 1.82) is 0 Å². The first-order valence-electron chi connectivity index (χ1n) is 13.0. The molecular weight excluding hydrogens is 406 g/mol. The summed E-state index contributed by atoms with van der Waals surface area (Å²) in [5, 5.41) is 20.5. The first-order valence-corrected chi connectivity index (χ1v) is 13.0. The van der Waals surface area contributed by atoms with E-state index in [0.717, 1.165) is 50.5 Å². The van der Waals surface area contributed by atoms with Gasteiger partial charge in [-0.3, -0.25) is 20.9 Å². The lowest BCUT2D eigenvalue weighted by molar-refractivity contribution is 0.0412. The highest BCUT2D eigenvalue weighted by Crippen LogP contribution is 2.32. The molecule has 0 aromatic carbocycles. The summed E-state index contributed by atoms with van der Waals surface area (Å²) >= 11 is 0. The Kier molecular flexibility index (Phi) is 8.67. The summed E-state index contributed by atoms with van der Waals surface area (Å²) in [6.45, 7) is 7.76. The van der Waals surface area contributed by atoms with Gasteiger partial charge in [-0.1, -0.05) is 0 Å². The Labute approximate surface area is 193 Å². The van der Waals surface area contributed by atoms with Crippen molar-refractivity contribution in [2.45, 2.75) is 82.8 Å². The maximum Gasteiger partial charge on any atom is 0.407 e. The molecule has 2 saturated heterocycles. The zero-order valence-corrected chi connectivity index (χ0v) is 20.1. The Balaban J connectivity index is 1.10. The van der Waals surface area contributed by atoms with E-state index in [1.165, 1.54) is 51.4 Å². The van der Waals surface area contributed by atoms with E-state index in [-0.39, 0.29) is 12.3 Å². The van der Waals surface area contributed by atoms with Gasteiger partial charge in [-0.15, -0.1) is 0 Å². The van der Waals surface area contributed by atoms with Gasteiger partial charge in [-0.05, 0) is 76.0 Å². The number of methoxy groups -OCH3 is 1. The van der Waals surface area contributed by atoms with Crippen LogP contribution in [0.25, 0.3) is 0 Å². The third-order valence-corrected chi connectivity index (χ3v) is 8.61. The predicted octanol–water partition coefficient (Wildman–Crippen LogP) is 2.12. The molecule has 32 heavy (non-hydrogen) atoms. The number of carbonyl (C=O) groups is 1. The predicted molar refractivity (Wildman–Crippen MR) is 126 cm³/mol. The Morgan fingerprint density at radius 1 is 1.00 bits per heavy atom. The second-order valence-corrected chi connectivity index (χ2v) is 10.8. The van der Waals surface area contributed by atoms with Crippen molar-refractivity contribution >= 4 is 6.09 Å². The number of amides is 1. The summed E-state index contributed by atoms with van der Waals surface area (Å²) in [4.78, 5) is 15.3. The molecule has 2 heterocycles. The van der Waals surface area contributed by atoms with Gasteiger partial charge in [0.2, 0.25) is 0 Å². The summed E-state index contributed by atoms with van der Waals surface area (Å²) in [5.74, 6) is 2.32. The average molecular weight is 452 g/mol. The maximum atomic E-state index is 11.3. The molecule has 4 rings (SSSR count). The number of hydrogen-bond donors (Lipinski definition) is 4. The fourth-order valence-corrected chi connectivity index (χ4v) is 6.53. The molecule has 8 nitrogen and oxygen atoms in total. The molecule has 4 fully saturated rings. The number of carboxylic acid groups (broad SMARTS) is 1. The zero-order chi connectivity index (χ0) is 22.5. The van der Waals surface area contributed by atoms with Gasteiger partial charge in [0.05, 0.1) is 6.10 Å². The van der Waals surface area contributed by atoms with Crippen LogP contribution in [0.5, 0.6) is 0 Å². The molecular formula is C24H45N5O3. The smallest absolute Gasteiger partial charge is 0.407 e. The Hall–Kier alpha value is -0.930. The highest BCUT2D eigenvalue weighted by molar-refractivity contribution is 5.65. The Bertz CT molecular complexity index is 584. The van der Waals surface area contributed by atoms with Crippen molar-refractivity contribution in [2.24, 2.45) is 17.8 Å². The third kappa shape index (κ3) is 6.35. The molecule has 1 amide bonds. The molecule has 184 valence electrons. The molecule has 2 aliphatic heterocycles. The Morgan fingerprint density at radius 2 is 1.69 bits per heavy atom. The van der Waals surface area contributed by atoms with Gasteiger partial charge in [0.25, 0.3) is 0 Å². The first-order chi connectivity index (χ1) is 15.5. The largest absolute Gasteiger partial charge is 0.465 e. The molecule has 2 aliphatic carbocycles. The molecule has 0 radical (unpaired) electrons. The second-order valence-electron chi connectivity index (χ2n) is 10.8. The summed E-state index contributed by atoms with van der Waals surface area (Å²) in [6, 6.07) is 0.689. The van der Waals surface area contributed by atoms with Crippen LogP contribution in [-0.4, -0.2) is 91.9 Å². The molecule has 0 aromatic heterocycles. The normalized spacial score (nSPS) is 39.7. The zero-order valence-electron chi connectivity index (χ0n) is 20.1. The minimum atomic E-state index is -0.779. The summed E-state index contributed by atoms with van der Waals surface area (Å²) < 4.78 is 5.53. The first kappa shape index (κ1) is 24.2. The lowest BCUT2D eigenvalue weighted by Gasteiger charge is -2.42. The van der Waals surface area contributed by atoms with Gasteiger partial charge in [0, 0.05) is 58.5 Å². The van der Waals surface area contributed by atoms with Crippen LogP contribution in [0.2, 0.25) is 0 Å². The maximum absolute atomic E-state index is 11.3. The van der Waals surface area contributed by atoms with Crippen molar-refractivity contribution < 1.29 is 14.6 Å².